The minimum atomic E-state index is -0.784. The van der Waals surface area contributed by atoms with E-state index in [4.69, 9.17) is 14.2 Å². The number of unbranched alkanes of at least 4 members (excludes halogenated alkanes) is 23. The van der Waals surface area contributed by atoms with Crippen molar-refractivity contribution in [2.24, 2.45) is 0 Å². The standard InChI is InChI=1S/C53H92O6/c1-4-7-10-13-16-19-22-23-24-25-26-27-28-29-30-31-32-35-37-40-43-46-52(55)58-49-50(59-53(56)47-44-41-38-34-21-18-15-12-9-6-3)48-57-51(54)45-42-39-36-33-20-17-14-11-8-5-2/h11-12,14-15,22-23,25-26,28-29,50H,4-10,13,16-21,24,27,30-49H2,1-3H3/b14-11-,15-12-,23-22-,26-25-,29-28-. The van der Waals surface area contributed by atoms with Crippen molar-refractivity contribution < 1.29 is 28.6 Å². The summed E-state index contributed by atoms with van der Waals surface area (Å²) in [5.41, 5.74) is 0. The van der Waals surface area contributed by atoms with Gasteiger partial charge in [-0.05, 0) is 96.3 Å². The molecule has 0 fully saturated rings. The van der Waals surface area contributed by atoms with E-state index >= 15 is 0 Å². The van der Waals surface area contributed by atoms with Gasteiger partial charge >= 0.3 is 17.9 Å². The van der Waals surface area contributed by atoms with Gasteiger partial charge in [0.25, 0.3) is 0 Å². The number of hydrogen-bond acceptors (Lipinski definition) is 6. The fraction of sp³-hybridized carbons (Fsp3) is 0.755. The zero-order valence-corrected chi connectivity index (χ0v) is 38.8. The quantitative estimate of drug-likeness (QED) is 0.0263. The minimum Gasteiger partial charge on any atom is -0.462 e. The molecular formula is C53H92O6. The second-order valence-corrected chi connectivity index (χ2v) is 16.4. The van der Waals surface area contributed by atoms with Gasteiger partial charge in [-0.3, -0.25) is 14.4 Å². The summed E-state index contributed by atoms with van der Waals surface area (Å²) < 4.78 is 16.7. The normalized spacial score (nSPS) is 12.5. The molecule has 0 N–H and O–H groups in total. The van der Waals surface area contributed by atoms with Gasteiger partial charge < -0.3 is 14.2 Å². The third-order valence-corrected chi connectivity index (χ3v) is 10.4. The largest absolute Gasteiger partial charge is 0.462 e. The zero-order valence-electron chi connectivity index (χ0n) is 38.8. The Hall–Kier alpha value is -2.89. The Labute approximate surface area is 364 Å². The lowest BCUT2D eigenvalue weighted by Crippen LogP contribution is -2.30. The van der Waals surface area contributed by atoms with E-state index in [2.05, 4.69) is 81.5 Å². The molecule has 1 unspecified atom stereocenters. The summed E-state index contributed by atoms with van der Waals surface area (Å²) in [5.74, 6) is -0.922. The number of rotatable bonds is 44. The van der Waals surface area contributed by atoms with Crippen LogP contribution in [0.4, 0.5) is 0 Å². The van der Waals surface area contributed by atoms with E-state index < -0.39 is 6.10 Å². The molecule has 0 aromatic rings. The molecule has 0 aliphatic heterocycles. The molecule has 0 radical (unpaired) electrons. The maximum absolute atomic E-state index is 12.7. The fourth-order valence-corrected chi connectivity index (χ4v) is 6.69. The van der Waals surface area contributed by atoms with E-state index in [-0.39, 0.29) is 31.1 Å². The molecule has 0 amide bonds. The Bertz CT molecular complexity index is 1090. The van der Waals surface area contributed by atoms with Crippen molar-refractivity contribution in [1.29, 1.82) is 0 Å². The van der Waals surface area contributed by atoms with Crippen LogP contribution in [0.25, 0.3) is 0 Å². The summed E-state index contributed by atoms with van der Waals surface area (Å²) in [6.45, 7) is 6.47. The minimum absolute atomic E-state index is 0.0870. The third-order valence-electron chi connectivity index (χ3n) is 10.4. The summed E-state index contributed by atoms with van der Waals surface area (Å²) in [6.07, 6.45) is 57.8. The predicted octanol–water partition coefficient (Wildman–Crippen LogP) is 16.1. The maximum Gasteiger partial charge on any atom is 0.306 e. The van der Waals surface area contributed by atoms with Crippen molar-refractivity contribution in [2.75, 3.05) is 13.2 Å². The van der Waals surface area contributed by atoms with Gasteiger partial charge in [0, 0.05) is 19.3 Å². The first-order valence-electron chi connectivity index (χ1n) is 24.8. The van der Waals surface area contributed by atoms with Crippen LogP contribution in [-0.2, 0) is 28.6 Å². The molecule has 6 nitrogen and oxygen atoms in total. The number of ether oxygens (including phenoxy) is 3. The average Bonchev–Trinajstić information content (AvgIpc) is 3.23. The second kappa shape index (κ2) is 47.8. The second-order valence-electron chi connectivity index (χ2n) is 16.4. The highest BCUT2D eigenvalue weighted by molar-refractivity contribution is 5.71. The first-order chi connectivity index (χ1) is 29.0. The third kappa shape index (κ3) is 46.0. The van der Waals surface area contributed by atoms with Gasteiger partial charge in [-0.15, -0.1) is 0 Å². The number of carbonyl (C=O) groups excluding carboxylic acids is 3. The molecule has 0 aromatic heterocycles. The molecule has 0 aliphatic carbocycles. The summed E-state index contributed by atoms with van der Waals surface area (Å²) >= 11 is 0. The maximum atomic E-state index is 12.7. The van der Waals surface area contributed by atoms with Gasteiger partial charge in [0.2, 0.25) is 0 Å². The van der Waals surface area contributed by atoms with Crippen LogP contribution in [0.1, 0.15) is 239 Å². The van der Waals surface area contributed by atoms with Crippen LogP contribution in [0.5, 0.6) is 0 Å². The summed E-state index contributed by atoms with van der Waals surface area (Å²) in [5, 5.41) is 0. The van der Waals surface area contributed by atoms with E-state index in [1.807, 2.05) is 0 Å². The molecule has 0 saturated heterocycles. The number of esters is 3. The Morgan fingerprint density at radius 2 is 0.644 bits per heavy atom. The highest BCUT2D eigenvalue weighted by Crippen LogP contribution is 2.13. The summed E-state index contributed by atoms with van der Waals surface area (Å²) in [4.78, 5) is 37.8. The van der Waals surface area contributed by atoms with Crippen molar-refractivity contribution in [3.8, 4) is 0 Å². The number of hydrogen-bond donors (Lipinski definition) is 0. The van der Waals surface area contributed by atoms with Crippen molar-refractivity contribution in [1.82, 2.24) is 0 Å². The van der Waals surface area contributed by atoms with E-state index in [1.165, 1.54) is 89.9 Å². The predicted molar refractivity (Wildman–Crippen MR) is 251 cm³/mol. The van der Waals surface area contributed by atoms with Crippen LogP contribution >= 0.6 is 0 Å². The van der Waals surface area contributed by atoms with Crippen LogP contribution in [0, 0.1) is 0 Å². The summed E-state index contributed by atoms with van der Waals surface area (Å²) in [7, 11) is 0. The fourth-order valence-electron chi connectivity index (χ4n) is 6.69. The van der Waals surface area contributed by atoms with Crippen molar-refractivity contribution >= 4 is 17.9 Å². The molecule has 1 atom stereocenters. The first kappa shape index (κ1) is 56.1. The Balaban J connectivity index is 4.30. The summed E-state index contributed by atoms with van der Waals surface area (Å²) in [6, 6.07) is 0. The zero-order chi connectivity index (χ0) is 43.0. The van der Waals surface area contributed by atoms with Crippen LogP contribution in [-0.4, -0.2) is 37.2 Å². The van der Waals surface area contributed by atoms with Crippen LogP contribution < -0.4 is 0 Å². The van der Waals surface area contributed by atoms with E-state index in [1.54, 1.807) is 0 Å². The average molecular weight is 825 g/mol. The smallest absolute Gasteiger partial charge is 0.306 e. The lowest BCUT2D eigenvalue weighted by molar-refractivity contribution is -0.167. The van der Waals surface area contributed by atoms with Crippen LogP contribution in [0.2, 0.25) is 0 Å². The van der Waals surface area contributed by atoms with Crippen LogP contribution in [0.3, 0.4) is 0 Å². The lowest BCUT2D eigenvalue weighted by Gasteiger charge is -2.18. The Morgan fingerprint density at radius 3 is 1.03 bits per heavy atom. The molecule has 0 saturated carbocycles. The van der Waals surface area contributed by atoms with Crippen LogP contribution in [0.15, 0.2) is 60.8 Å². The van der Waals surface area contributed by atoms with Gasteiger partial charge in [-0.2, -0.15) is 0 Å². The van der Waals surface area contributed by atoms with E-state index in [0.29, 0.717) is 19.3 Å². The molecular weight excluding hydrogens is 733 g/mol. The molecule has 0 heterocycles. The first-order valence-corrected chi connectivity index (χ1v) is 24.8. The molecule has 0 spiro atoms. The van der Waals surface area contributed by atoms with Gasteiger partial charge in [-0.25, -0.2) is 0 Å². The highest BCUT2D eigenvalue weighted by Gasteiger charge is 2.19. The monoisotopic (exact) mass is 825 g/mol. The Morgan fingerprint density at radius 1 is 0.339 bits per heavy atom. The van der Waals surface area contributed by atoms with Gasteiger partial charge in [-0.1, -0.05) is 184 Å². The molecule has 6 heteroatoms. The van der Waals surface area contributed by atoms with Crippen molar-refractivity contribution in [2.45, 2.75) is 245 Å². The van der Waals surface area contributed by atoms with Gasteiger partial charge in [0.15, 0.2) is 6.10 Å². The lowest BCUT2D eigenvalue weighted by atomic mass is 10.1. The number of carbonyl (C=O) groups is 3. The van der Waals surface area contributed by atoms with E-state index in [9.17, 15) is 14.4 Å². The molecule has 0 rings (SSSR count). The topological polar surface area (TPSA) is 78.9 Å². The molecule has 0 bridgehead atoms. The van der Waals surface area contributed by atoms with Gasteiger partial charge in [0.05, 0.1) is 0 Å². The molecule has 340 valence electrons. The van der Waals surface area contributed by atoms with Crippen molar-refractivity contribution in [3.05, 3.63) is 60.8 Å². The molecule has 0 aromatic carbocycles. The molecule has 59 heavy (non-hydrogen) atoms. The van der Waals surface area contributed by atoms with Gasteiger partial charge in [0.1, 0.15) is 13.2 Å². The van der Waals surface area contributed by atoms with Crippen molar-refractivity contribution in [3.63, 3.8) is 0 Å². The SMILES string of the molecule is CCC/C=C\CCCCCCCC(=O)OCC(COC(=O)CCCCCCCC/C=C\C/C=C\C/C=C\CCCCCCC)OC(=O)CCCCCCC/C=C\CCC. The number of allylic oxidation sites excluding steroid dienone is 10. The molecule has 0 aliphatic rings. The van der Waals surface area contributed by atoms with E-state index in [0.717, 1.165) is 109 Å². The highest BCUT2D eigenvalue weighted by atomic mass is 16.6. The Kier molecular flexibility index (Phi) is 45.4.